The van der Waals surface area contributed by atoms with Crippen molar-refractivity contribution < 1.29 is 20.1 Å². The number of fused-ring (bicyclic) bond motifs is 30. The van der Waals surface area contributed by atoms with E-state index in [4.69, 9.17) is 87.4 Å². The van der Waals surface area contributed by atoms with E-state index in [-0.39, 0.29) is 0 Å². The average Bonchev–Trinajstić information content (AvgIpc) is 0.740. The molecule has 0 saturated carbocycles. The molecule has 4 N–H and O–H groups in total. The van der Waals surface area contributed by atoms with Gasteiger partial charge in [0.2, 0.25) is 0 Å². The van der Waals surface area contributed by atoms with Crippen LogP contribution in [0.3, 0.4) is 0 Å². The second-order valence-corrected chi connectivity index (χ2v) is 38.0. The van der Waals surface area contributed by atoms with Crippen LogP contribution in [0.5, 0.6) is 0 Å². The minimum atomic E-state index is -1.44. The van der Waals surface area contributed by atoms with Crippen LogP contribution in [0.2, 0.25) is 10.0 Å². The minimum Gasteiger partial charge on any atom is -0.423 e. The lowest BCUT2D eigenvalue weighted by Gasteiger charge is -2.29. The van der Waals surface area contributed by atoms with E-state index < -0.39 is 46.2 Å². The molecule has 26 aromatic carbocycles. The van der Waals surface area contributed by atoms with Crippen LogP contribution in [0.15, 0.2) is 447 Å². The summed E-state index contributed by atoms with van der Waals surface area (Å²) in [5.74, 6) is 0. The van der Waals surface area contributed by atoms with Crippen molar-refractivity contribution in [1.29, 1.82) is 0 Å². The lowest BCUT2D eigenvalue weighted by Crippen LogP contribution is -2.67. The van der Waals surface area contributed by atoms with E-state index in [1.807, 2.05) is 84.9 Å². The number of hydrogen-bond donors (Lipinski definition) is 4. The van der Waals surface area contributed by atoms with E-state index in [9.17, 15) is 10.0 Å². The molecule has 0 aromatic heterocycles. The van der Waals surface area contributed by atoms with Crippen molar-refractivity contribution in [2.24, 2.45) is 0 Å². The summed E-state index contributed by atoms with van der Waals surface area (Å²) >= 11 is 16.0. The molecule has 0 atom stereocenters. The molecule has 21 heteroatoms. The van der Waals surface area contributed by atoms with Gasteiger partial charge in [-0.2, -0.15) is 0 Å². The summed E-state index contributed by atoms with van der Waals surface area (Å²) in [6.45, 7) is 0. The van der Waals surface area contributed by atoms with Crippen LogP contribution >= 0.6 is 39.1 Å². The summed E-state index contributed by atoms with van der Waals surface area (Å²) in [6, 6.07) is 156. The Morgan fingerprint density at radius 3 is 0.716 bits per heavy atom. The maximum atomic E-state index is 9.42. The smallest absolute Gasteiger partial charge is 0.423 e. The Hall–Kier alpha value is -13.8. The molecule has 4 nitrogen and oxygen atoms in total. The van der Waals surface area contributed by atoms with Gasteiger partial charge in [0.1, 0.15) is 0 Å². The van der Waals surface area contributed by atoms with Gasteiger partial charge >= 0.3 is 14.2 Å². The predicted octanol–water partition coefficient (Wildman–Crippen LogP) is 27.1. The molecule has 0 spiro atoms. The van der Waals surface area contributed by atoms with Gasteiger partial charge in [0, 0.05) is 101 Å². The van der Waals surface area contributed by atoms with Gasteiger partial charge in [-0.15, -0.1) is 0 Å². The van der Waals surface area contributed by atoms with Gasteiger partial charge in [-0.25, -0.2) is 0 Å². The molecule has 141 heavy (non-hydrogen) atoms. The second kappa shape index (κ2) is 40.4. The first-order valence-electron chi connectivity index (χ1n) is 47.0. The van der Waals surface area contributed by atoms with Crippen LogP contribution in [0.4, 0.5) is 0 Å². The SMILES string of the molecule is Clc1ccc2ccc3c4cc(-c5ccc6ccccc6c5)ccc4ccc3c2c1.Clc1ccc2ccc3c4cc(Br)ccc4ccc3c2c1.OB(O)c1ccc2c3ccccc3c3ccccc3c2c1.OB(O)c1ccc2ccccc2c1.[B]B([B])B([B])B(B([B])[B])B([B])[B].c1ccc2cc(-c3ccc4ccc5c6cc(-c7ccc8c9ccccc9c9ccccc9c8c7)ccc6ccc5c4c3)ccc2c1. The van der Waals surface area contributed by atoms with E-state index in [2.05, 4.69) is 356 Å². The number of halogens is 3. The van der Waals surface area contributed by atoms with Crippen molar-refractivity contribution in [3.8, 4) is 33.4 Å². The fourth-order valence-corrected chi connectivity index (χ4v) is 21.1. The average molecular weight is 1890 g/mol. The van der Waals surface area contributed by atoms with Crippen molar-refractivity contribution in [2.45, 2.75) is 0 Å². The van der Waals surface area contributed by atoms with E-state index in [0.717, 1.165) is 41.4 Å². The van der Waals surface area contributed by atoms with Gasteiger partial charge in [-0.3, -0.25) is 0 Å². The third kappa shape index (κ3) is 19.0. The van der Waals surface area contributed by atoms with Crippen LogP contribution in [0, 0.1) is 0 Å². The predicted molar refractivity (Wildman–Crippen MR) is 630 cm³/mol. The van der Waals surface area contributed by atoms with Gasteiger partial charge < -0.3 is 20.1 Å². The van der Waals surface area contributed by atoms with Gasteiger partial charge in [-0.05, 0) is 311 Å². The lowest BCUT2D eigenvalue weighted by molar-refractivity contribution is 0.424. The topological polar surface area (TPSA) is 80.9 Å². The maximum absolute atomic E-state index is 9.42. The Bertz CT molecular complexity index is 9250. The normalized spacial score (nSPS) is 11.3. The fourth-order valence-electron chi connectivity index (χ4n) is 20.4. The number of hydrogen-bond acceptors (Lipinski definition) is 4. The summed E-state index contributed by atoms with van der Waals surface area (Å²) in [6.07, 6.45) is -3.22. The van der Waals surface area contributed by atoms with Crippen molar-refractivity contribution >= 4 is 344 Å². The van der Waals surface area contributed by atoms with Gasteiger partial charge in [0.15, 0.2) is 0 Å². The molecule has 0 aliphatic rings. The summed E-state index contributed by atoms with van der Waals surface area (Å²) in [5, 5.41) is 82.8. The summed E-state index contributed by atoms with van der Waals surface area (Å²) in [7, 11) is 35.1. The van der Waals surface area contributed by atoms with Crippen LogP contribution in [0.25, 0.3) is 227 Å². The van der Waals surface area contributed by atoms with Crippen molar-refractivity contribution in [1.82, 2.24) is 0 Å². The van der Waals surface area contributed by atoms with Gasteiger partial charge in [-0.1, -0.05) is 409 Å². The zero-order chi connectivity index (χ0) is 96.8. The zero-order valence-corrected chi connectivity index (χ0v) is 79.8. The standard InChI is InChI=1S/C46H28.C28H17Cl.C18H13BO2.C18H10BrCl.C10H9BO2.B12/c1-2-8-32-25-33(16-13-29(32)7-1)34-17-14-30-19-23-42-41(44(30)26-34)22-20-31-15-18-35(27-45(31)42)36-21-24-43-39-11-4-3-9-37(39)38-10-5-6-12-40(38)46(43)28-36;29-24-12-9-20-11-13-25-26(28(20)17-24)14-10-19-6-8-23(16-27(19)25)22-7-5-18-3-1-2-4-21(18)15-22;20-19(21)12-9-10-17-15-7-2-1-5-13(15)14-6-3-4-8-16(14)18(17)11-12;19-13-5-1-11-3-8-16-15(17(11)9-13)7-4-12-2-6-14(20)10-18(12)16;12-11(13)10-6-5-8-3-1-2-4-9(8)7-10;1-8(2)11(7)12(9(3)4)10(5)6/h1-28H;1-17H;1-11,20-21H;1-10H;1-7,12-13H;. The molecule has 0 fully saturated rings. The quantitative estimate of drug-likeness (QED) is 0.0858. The molecule has 14 radical (unpaired) electrons. The second-order valence-electron chi connectivity index (χ2n) is 36.2. The highest BCUT2D eigenvalue weighted by Crippen LogP contribution is 2.44. The molecule has 644 valence electrons. The minimum absolute atomic E-state index is 0.481. The Morgan fingerprint density at radius 1 is 0.170 bits per heavy atom. The van der Waals surface area contributed by atoms with E-state index in [0.29, 0.717) is 10.9 Å². The molecule has 0 aliphatic carbocycles. The van der Waals surface area contributed by atoms with Crippen LogP contribution in [-0.4, -0.2) is 120 Å². The molecule has 26 aromatic rings. The third-order valence-corrected chi connectivity index (χ3v) is 28.5. The van der Waals surface area contributed by atoms with Crippen molar-refractivity contribution in [3.63, 3.8) is 0 Å². The van der Waals surface area contributed by atoms with Crippen LogP contribution in [-0.2, 0) is 0 Å². The Morgan fingerprint density at radius 2 is 0.383 bits per heavy atom. The molecule has 0 aliphatic heterocycles. The summed E-state index contributed by atoms with van der Waals surface area (Å²) in [4.78, 5) is 0. The van der Waals surface area contributed by atoms with Crippen LogP contribution in [0.1, 0.15) is 0 Å². The van der Waals surface area contributed by atoms with E-state index in [1.165, 1.54) is 200 Å². The number of benzene rings is 26. The zero-order valence-electron chi connectivity index (χ0n) is 76.7. The van der Waals surface area contributed by atoms with Crippen molar-refractivity contribution in [3.05, 3.63) is 457 Å². The Kier molecular flexibility index (Phi) is 26.8. The third-order valence-electron chi connectivity index (χ3n) is 27.6. The molecular formula is C120H77B14BrCl2O4. The van der Waals surface area contributed by atoms with Crippen molar-refractivity contribution in [2.75, 3.05) is 0 Å². The first kappa shape index (κ1) is 93.5. The molecule has 26 rings (SSSR count). The van der Waals surface area contributed by atoms with E-state index >= 15 is 0 Å². The fraction of sp³-hybridized carbons (Fsp3) is 0. The molecule has 0 amide bonds. The largest absolute Gasteiger partial charge is 0.488 e. The Labute approximate surface area is 848 Å². The first-order chi connectivity index (χ1) is 68.7. The highest BCUT2D eigenvalue weighted by molar-refractivity contribution is 9.10. The highest BCUT2D eigenvalue weighted by Gasteiger charge is 2.30. The molecule has 0 heterocycles. The van der Waals surface area contributed by atoms with Crippen LogP contribution < -0.4 is 10.9 Å². The monoisotopic (exact) mass is 1880 g/mol. The molecule has 0 saturated heterocycles. The molecule has 0 unspecified atom stereocenters. The summed E-state index contributed by atoms with van der Waals surface area (Å²) < 4.78 is 1.10. The van der Waals surface area contributed by atoms with Gasteiger partial charge in [0.25, 0.3) is 0 Å². The van der Waals surface area contributed by atoms with E-state index in [1.54, 1.807) is 18.2 Å². The maximum Gasteiger partial charge on any atom is 0.488 e. The number of rotatable bonds is 9. The molecular weight excluding hydrogens is 1810 g/mol. The Balaban J connectivity index is 0.000000107. The first-order valence-corrected chi connectivity index (χ1v) is 48.5. The lowest BCUT2D eigenvalue weighted by atomic mass is 8.53. The van der Waals surface area contributed by atoms with Gasteiger partial charge in [0.05, 0.1) is 0 Å². The summed E-state index contributed by atoms with van der Waals surface area (Å²) in [5.41, 5.74) is 8.50. The highest BCUT2D eigenvalue weighted by atomic mass is 79.9. The molecule has 0 bridgehead atoms.